The maximum atomic E-state index is 12.0. The Balaban J connectivity index is 2.31. The van der Waals surface area contributed by atoms with Crippen molar-refractivity contribution in [3.05, 3.63) is 52.8 Å². The Morgan fingerprint density at radius 2 is 2.00 bits per heavy atom. The molecular weight excluding hydrogens is 242 g/mol. The molecule has 1 aromatic heterocycles. The third kappa shape index (κ3) is 1.76. The lowest BCUT2D eigenvalue weighted by Crippen LogP contribution is -2.04. The van der Waals surface area contributed by atoms with E-state index in [1.54, 1.807) is 17.9 Å². The number of hydrogen-bond donors (Lipinski definition) is 2. The number of nitrogens with two attached hydrogens (primary N) is 1. The first-order valence-electron chi connectivity index (χ1n) is 5.84. The number of methoxy groups -OCH3 is 1. The molecule has 0 aliphatic carbocycles. The molecule has 0 amide bonds. The van der Waals surface area contributed by atoms with Gasteiger partial charge in [0.1, 0.15) is 5.75 Å². The standard InChI is InChI=1S/C14H13N3O2/c1-19-10-5-2-4-9(8-10)17-12-7-3-6-11(15)13(12)14(18)16-17/h2-8H,15H2,1H3,(H,16,18). The molecule has 5 nitrogen and oxygen atoms in total. The maximum absolute atomic E-state index is 12.0. The van der Waals surface area contributed by atoms with Gasteiger partial charge in [0.05, 0.1) is 23.7 Å². The first-order valence-corrected chi connectivity index (χ1v) is 5.84. The van der Waals surface area contributed by atoms with Crippen LogP contribution in [-0.2, 0) is 0 Å². The van der Waals surface area contributed by atoms with E-state index < -0.39 is 0 Å². The largest absolute Gasteiger partial charge is 0.497 e. The zero-order chi connectivity index (χ0) is 13.4. The molecule has 0 unspecified atom stereocenters. The van der Waals surface area contributed by atoms with Crippen molar-refractivity contribution in [1.82, 2.24) is 9.78 Å². The number of anilines is 1. The minimum absolute atomic E-state index is 0.198. The van der Waals surface area contributed by atoms with Gasteiger partial charge in [0.25, 0.3) is 5.56 Å². The lowest BCUT2D eigenvalue weighted by Gasteiger charge is -2.06. The van der Waals surface area contributed by atoms with Gasteiger partial charge in [-0.15, -0.1) is 0 Å². The van der Waals surface area contributed by atoms with Crippen LogP contribution in [0.5, 0.6) is 5.75 Å². The molecule has 0 aliphatic heterocycles. The third-order valence-corrected chi connectivity index (χ3v) is 3.07. The number of nitrogen functional groups attached to an aromatic ring is 1. The Hall–Kier alpha value is -2.69. The van der Waals surface area contributed by atoms with Crippen LogP contribution in [0.3, 0.4) is 0 Å². The lowest BCUT2D eigenvalue weighted by molar-refractivity contribution is 0.414. The second kappa shape index (κ2) is 4.20. The summed E-state index contributed by atoms with van der Waals surface area (Å²) in [5.74, 6) is 0.726. The molecule has 19 heavy (non-hydrogen) atoms. The first kappa shape index (κ1) is 11.4. The summed E-state index contributed by atoms with van der Waals surface area (Å²) >= 11 is 0. The monoisotopic (exact) mass is 255 g/mol. The number of aromatic nitrogens is 2. The highest BCUT2D eigenvalue weighted by molar-refractivity contribution is 5.90. The van der Waals surface area contributed by atoms with Crippen LogP contribution in [0.4, 0.5) is 5.69 Å². The van der Waals surface area contributed by atoms with Crippen molar-refractivity contribution in [2.45, 2.75) is 0 Å². The average Bonchev–Trinajstić information content (AvgIpc) is 2.78. The summed E-state index contributed by atoms with van der Waals surface area (Å²) in [7, 11) is 1.60. The van der Waals surface area contributed by atoms with Gasteiger partial charge in [-0.3, -0.25) is 14.6 Å². The number of nitrogens with one attached hydrogen (secondary N) is 1. The summed E-state index contributed by atoms with van der Waals surface area (Å²) in [5.41, 5.74) is 7.69. The molecule has 0 saturated heterocycles. The van der Waals surface area contributed by atoms with Gasteiger partial charge in [-0.1, -0.05) is 12.1 Å². The molecule has 0 saturated carbocycles. The Kier molecular flexibility index (Phi) is 2.52. The summed E-state index contributed by atoms with van der Waals surface area (Å²) in [6, 6.07) is 12.8. The predicted molar refractivity (Wildman–Crippen MR) is 74.9 cm³/mol. The number of hydrogen-bond acceptors (Lipinski definition) is 3. The van der Waals surface area contributed by atoms with E-state index in [0.29, 0.717) is 11.1 Å². The molecule has 5 heteroatoms. The van der Waals surface area contributed by atoms with Crippen molar-refractivity contribution in [2.75, 3.05) is 12.8 Å². The molecule has 0 fully saturated rings. The van der Waals surface area contributed by atoms with Gasteiger partial charge in [0, 0.05) is 11.8 Å². The molecule has 3 aromatic rings. The zero-order valence-corrected chi connectivity index (χ0v) is 10.4. The van der Waals surface area contributed by atoms with Gasteiger partial charge in [0.15, 0.2) is 0 Å². The van der Waals surface area contributed by atoms with Crippen LogP contribution in [0.25, 0.3) is 16.6 Å². The molecule has 96 valence electrons. The van der Waals surface area contributed by atoms with E-state index in [0.717, 1.165) is 17.0 Å². The summed E-state index contributed by atoms with van der Waals surface area (Å²) in [6.07, 6.45) is 0. The molecule has 0 bridgehead atoms. The van der Waals surface area contributed by atoms with Crippen LogP contribution in [0.15, 0.2) is 47.3 Å². The highest BCUT2D eigenvalue weighted by atomic mass is 16.5. The van der Waals surface area contributed by atoms with Crippen LogP contribution in [0, 0.1) is 0 Å². The van der Waals surface area contributed by atoms with Gasteiger partial charge < -0.3 is 10.5 Å². The van der Waals surface area contributed by atoms with Crippen molar-refractivity contribution in [3.8, 4) is 11.4 Å². The predicted octanol–water partition coefficient (Wildman–Crippen LogP) is 1.91. The van der Waals surface area contributed by atoms with Crippen LogP contribution in [-0.4, -0.2) is 16.9 Å². The molecule has 3 rings (SSSR count). The Morgan fingerprint density at radius 3 is 2.79 bits per heavy atom. The first-order chi connectivity index (χ1) is 9.20. The summed E-state index contributed by atoms with van der Waals surface area (Å²) in [6.45, 7) is 0. The van der Waals surface area contributed by atoms with E-state index in [4.69, 9.17) is 10.5 Å². The molecule has 1 heterocycles. The zero-order valence-electron chi connectivity index (χ0n) is 10.4. The van der Waals surface area contributed by atoms with Crippen molar-refractivity contribution < 1.29 is 4.74 Å². The van der Waals surface area contributed by atoms with Crippen molar-refractivity contribution in [3.63, 3.8) is 0 Å². The topological polar surface area (TPSA) is 73.0 Å². The second-order valence-electron chi connectivity index (χ2n) is 4.22. The number of aromatic amines is 1. The summed E-state index contributed by atoms with van der Waals surface area (Å²) in [4.78, 5) is 12.0. The van der Waals surface area contributed by atoms with Crippen molar-refractivity contribution in [1.29, 1.82) is 0 Å². The van der Waals surface area contributed by atoms with E-state index in [-0.39, 0.29) is 5.56 Å². The smallest absolute Gasteiger partial charge is 0.274 e. The van der Waals surface area contributed by atoms with E-state index in [2.05, 4.69) is 5.10 Å². The quantitative estimate of drug-likeness (QED) is 0.687. The highest BCUT2D eigenvalue weighted by Crippen LogP contribution is 2.22. The number of fused-ring (bicyclic) bond motifs is 1. The van der Waals surface area contributed by atoms with Gasteiger partial charge in [-0.2, -0.15) is 0 Å². The molecule has 0 aliphatic rings. The normalized spacial score (nSPS) is 10.8. The van der Waals surface area contributed by atoms with Crippen LogP contribution in [0.1, 0.15) is 0 Å². The number of H-pyrrole nitrogens is 1. The molecule has 2 aromatic carbocycles. The Bertz CT molecular complexity index is 802. The fourth-order valence-corrected chi connectivity index (χ4v) is 2.16. The fraction of sp³-hybridized carbons (Fsp3) is 0.0714. The average molecular weight is 255 g/mol. The molecule has 0 spiro atoms. The van der Waals surface area contributed by atoms with E-state index in [1.165, 1.54) is 0 Å². The van der Waals surface area contributed by atoms with Crippen LogP contribution >= 0.6 is 0 Å². The van der Waals surface area contributed by atoms with E-state index >= 15 is 0 Å². The van der Waals surface area contributed by atoms with Gasteiger partial charge in [-0.25, -0.2) is 0 Å². The second-order valence-corrected chi connectivity index (χ2v) is 4.22. The number of rotatable bonds is 2. The lowest BCUT2D eigenvalue weighted by atomic mass is 10.2. The SMILES string of the molecule is COc1cccc(-n2[nH]c(=O)c3c(N)cccc32)c1. The molecule has 0 radical (unpaired) electrons. The molecule has 0 atom stereocenters. The minimum atomic E-state index is -0.198. The Labute approximate surface area is 109 Å². The minimum Gasteiger partial charge on any atom is -0.497 e. The van der Waals surface area contributed by atoms with E-state index in [9.17, 15) is 4.79 Å². The number of nitrogens with zero attached hydrogens (tertiary/aromatic N) is 1. The molecular formula is C14H13N3O2. The van der Waals surface area contributed by atoms with Gasteiger partial charge in [-0.05, 0) is 24.3 Å². The van der Waals surface area contributed by atoms with Crippen LogP contribution in [0.2, 0.25) is 0 Å². The number of benzene rings is 2. The van der Waals surface area contributed by atoms with E-state index in [1.807, 2.05) is 36.4 Å². The van der Waals surface area contributed by atoms with Crippen molar-refractivity contribution in [2.24, 2.45) is 0 Å². The summed E-state index contributed by atoms with van der Waals surface area (Å²) < 4.78 is 6.89. The van der Waals surface area contributed by atoms with Crippen LogP contribution < -0.4 is 16.0 Å². The van der Waals surface area contributed by atoms with Gasteiger partial charge >= 0.3 is 0 Å². The maximum Gasteiger partial charge on any atom is 0.274 e. The molecule has 3 N–H and O–H groups in total. The third-order valence-electron chi connectivity index (χ3n) is 3.07. The fourth-order valence-electron chi connectivity index (χ4n) is 2.16. The highest BCUT2D eigenvalue weighted by Gasteiger charge is 2.10. The van der Waals surface area contributed by atoms with Crippen molar-refractivity contribution >= 4 is 16.6 Å². The van der Waals surface area contributed by atoms with Gasteiger partial charge in [0.2, 0.25) is 0 Å². The summed E-state index contributed by atoms with van der Waals surface area (Å²) in [5, 5.41) is 3.29. The Morgan fingerprint density at radius 1 is 1.21 bits per heavy atom. The number of ether oxygens (including phenoxy) is 1.